The zero-order valence-electron chi connectivity index (χ0n) is 7.03. The Bertz CT molecular complexity index is 191. The summed E-state index contributed by atoms with van der Waals surface area (Å²) in [6, 6.07) is -0.0291. The molecule has 4 nitrogen and oxygen atoms in total. The van der Waals surface area contributed by atoms with Crippen LogP contribution in [-0.2, 0) is 14.3 Å². The molecule has 0 aromatic heterocycles. The van der Waals surface area contributed by atoms with Crippen LogP contribution >= 0.6 is 0 Å². The molecule has 0 bridgehead atoms. The molecule has 0 aromatic rings. The standard InChI is InChI=1S/C8H13NO3/c1-6(10)11-5-8-3-2-7(9)4-12-8/h2-3,7-8H,4-5,9H2,1H3/t7-,8?/m1/s1. The van der Waals surface area contributed by atoms with Crippen molar-refractivity contribution in [1.82, 2.24) is 0 Å². The average molecular weight is 171 g/mol. The molecule has 1 heterocycles. The van der Waals surface area contributed by atoms with E-state index in [1.807, 2.05) is 12.2 Å². The second kappa shape index (κ2) is 4.23. The van der Waals surface area contributed by atoms with Crippen LogP contribution in [0.3, 0.4) is 0 Å². The fourth-order valence-corrected chi connectivity index (χ4v) is 0.916. The predicted molar refractivity (Wildman–Crippen MR) is 43.5 cm³/mol. The third-order valence-corrected chi connectivity index (χ3v) is 1.53. The van der Waals surface area contributed by atoms with E-state index in [1.54, 1.807) is 0 Å². The highest BCUT2D eigenvalue weighted by atomic mass is 16.6. The van der Waals surface area contributed by atoms with Crippen LogP contribution < -0.4 is 5.73 Å². The molecule has 4 heteroatoms. The topological polar surface area (TPSA) is 61.5 Å². The van der Waals surface area contributed by atoms with Crippen LogP contribution in [0.25, 0.3) is 0 Å². The molecule has 2 atom stereocenters. The molecule has 0 saturated carbocycles. The largest absolute Gasteiger partial charge is 0.463 e. The van der Waals surface area contributed by atoms with Crippen molar-refractivity contribution in [2.24, 2.45) is 5.73 Å². The molecule has 12 heavy (non-hydrogen) atoms. The molecule has 0 amide bonds. The number of hydrogen-bond acceptors (Lipinski definition) is 4. The molecular formula is C8H13NO3. The number of rotatable bonds is 2. The lowest BCUT2D eigenvalue weighted by Gasteiger charge is -2.20. The minimum Gasteiger partial charge on any atom is -0.463 e. The molecule has 0 radical (unpaired) electrons. The van der Waals surface area contributed by atoms with Crippen molar-refractivity contribution in [3.8, 4) is 0 Å². The Hall–Kier alpha value is -0.870. The summed E-state index contributed by atoms with van der Waals surface area (Å²) in [5.74, 6) is -0.290. The molecule has 1 aliphatic heterocycles. The molecule has 1 rings (SSSR count). The van der Waals surface area contributed by atoms with Crippen LogP contribution in [0.4, 0.5) is 0 Å². The summed E-state index contributed by atoms with van der Waals surface area (Å²) in [4.78, 5) is 10.4. The lowest BCUT2D eigenvalue weighted by Crippen LogP contribution is -2.33. The maximum absolute atomic E-state index is 10.4. The Morgan fingerprint density at radius 2 is 2.50 bits per heavy atom. The Balaban J connectivity index is 2.26. The van der Waals surface area contributed by atoms with Gasteiger partial charge in [0, 0.05) is 13.0 Å². The lowest BCUT2D eigenvalue weighted by atomic mass is 10.2. The van der Waals surface area contributed by atoms with E-state index in [9.17, 15) is 4.79 Å². The molecule has 0 aromatic carbocycles. The zero-order chi connectivity index (χ0) is 8.97. The number of esters is 1. The number of ether oxygens (including phenoxy) is 2. The van der Waals surface area contributed by atoms with Gasteiger partial charge in [-0.05, 0) is 0 Å². The van der Waals surface area contributed by atoms with Gasteiger partial charge >= 0.3 is 5.97 Å². The van der Waals surface area contributed by atoms with Crippen LogP contribution in [0.15, 0.2) is 12.2 Å². The Morgan fingerprint density at radius 3 is 3.00 bits per heavy atom. The molecule has 0 spiro atoms. The predicted octanol–water partition coefficient (Wildman–Crippen LogP) is -0.168. The summed E-state index contributed by atoms with van der Waals surface area (Å²) in [6.45, 7) is 2.14. The Kier molecular flexibility index (Phi) is 3.25. The summed E-state index contributed by atoms with van der Waals surface area (Å²) in [5, 5.41) is 0. The van der Waals surface area contributed by atoms with Gasteiger partial charge in [0.15, 0.2) is 0 Å². The molecule has 68 valence electrons. The van der Waals surface area contributed by atoms with E-state index in [0.29, 0.717) is 6.61 Å². The fourth-order valence-electron chi connectivity index (χ4n) is 0.916. The van der Waals surface area contributed by atoms with Crippen LogP contribution in [0.5, 0.6) is 0 Å². The van der Waals surface area contributed by atoms with Gasteiger partial charge in [-0.25, -0.2) is 0 Å². The van der Waals surface area contributed by atoms with Crippen LogP contribution in [0.2, 0.25) is 0 Å². The highest BCUT2D eigenvalue weighted by Gasteiger charge is 2.13. The third kappa shape index (κ3) is 3.02. The average Bonchev–Trinajstić information content (AvgIpc) is 2.03. The third-order valence-electron chi connectivity index (χ3n) is 1.53. The van der Waals surface area contributed by atoms with Crippen LogP contribution in [0.1, 0.15) is 6.92 Å². The van der Waals surface area contributed by atoms with E-state index in [-0.39, 0.29) is 24.7 Å². The Morgan fingerprint density at radius 1 is 1.75 bits per heavy atom. The van der Waals surface area contributed by atoms with Gasteiger partial charge in [-0.2, -0.15) is 0 Å². The normalized spacial score (nSPS) is 28.5. The van der Waals surface area contributed by atoms with Gasteiger partial charge in [0.05, 0.1) is 6.61 Å². The fraction of sp³-hybridized carbons (Fsp3) is 0.625. The van der Waals surface area contributed by atoms with Crippen LogP contribution in [-0.4, -0.2) is 31.3 Å². The van der Waals surface area contributed by atoms with E-state index < -0.39 is 0 Å². The van der Waals surface area contributed by atoms with Gasteiger partial charge < -0.3 is 15.2 Å². The zero-order valence-corrected chi connectivity index (χ0v) is 7.03. The second-order valence-electron chi connectivity index (χ2n) is 2.72. The van der Waals surface area contributed by atoms with Gasteiger partial charge in [-0.3, -0.25) is 4.79 Å². The minimum atomic E-state index is -0.290. The highest BCUT2D eigenvalue weighted by molar-refractivity contribution is 5.65. The number of hydrogen-bond donors (Lipinski definition) is 1. The maximum atomic E-state index is 10.4. The maximum Gasteiger partial charge on any atom is 0.302 e. The molecule has 1 unspecified atom stereocenters. The van der Waals surface area contributed by atoms with E-state index >= 15 is 0 Å². The van der Waals surface area contributed by atoms with Crippen LogP contribution in [0, 0.1) is 0 Å². The molecule has 0 saturated heterocycles. The first kappa shape index (κ1) is 9.22. The van der Waals surface area contributed by atoms with Crippen molar-refractivity contribution in [1.29, 1.82) is 0 Å². The molecule has 1 aliphatic rings. The minimum absolute atomic E-state index is 0.0291. The SMILES string of the molecule is CC(=O)OCC1C=C[C@@H](N)CO1. The summed E-state index contributed by atoms with van der Waals surface area (Å²) < 4.78 is 10.0. The quantitative estimate of drug-likeness (QED) is 0.463. The molecule has 0 aliphatic carbocycles. The highest BCUT2D eigenvalue weighted by Crippen LogP contribution is 2.04. The van der Waals surface area contributed by atoms with Crippen molar-refractivity contribution in [2.75, 3.05) is 13.2 Å². The van der Waals surface area contributed by atoms with Crippen molar-refractivity contribution >= 4 is 5.97 Å². The van der Waals surface area contributed by atoms with Gasteiger partial charge in [0.25, 0.3) is 0 Å². The number of carbonyl (C=O) groups is 1. The van der Waals surface area contributed by atoms with Crippen molar-refractivity contribution in [3.05, 3.63) is 12.2 Å². The Labute approximate surface area is 71.3 Å². The summed E-state index contributed by atoms with van der Waals surface area (Å²) in [6.07, 6.45) is 3.54. The summed E-state index contributed by atoms with van der Waals surface area (Å²) in [7, 11) is 0. The first-order valence-corrected chi connectivity index (χ1v) is 3.87. The van der Waals surface area contributed by atoms with Crippen molar-refractivity contribution < 1.29 is 14.3 Å². The summed E-state index contributed by atoms with van der Waals surface area (Å²) >= 11 is 0. The monoisotopic (exact) mass is 171 g/mol. The van der Waals surface area contributed by atoms with Gasteiger partial charge in [-0.15, -0.1) is 0 Å². The van der Waals surface area contributed by atoms with E-state index in [4.69, 9.17) is 15.2 Å². The molecule has 0 fully saturated rings. The molecular weight excluding hydrogens is 158 g/mol. The van der Waals surface area contributed by atoms with E-state index in [0.717, 1.165) is 0 Å². The smallest absolute Gasteiger partial charge is 0.302 e. The van der Waals surface area contributed by atoms with Gasteiger partial charge in [0.1, 0.15) is 12.7 Å². The van der Waals surface area contributed by atoms with Crippen molar-refractivity contribution in [2.45, 2.75) is 19.1 Å². The number of carbonyl (C=O) groups excluding carboxylic acids is 1. The van der Waals surface area contributed by atoms with E-state index in [1.165, 1.54) is 6.92 Å². The lowest BCUT2D eigenvalue weighted by molar-refractivity contribution is -0.144. The molecule has 2 N–H and O–H groups in total. The van der Waals surface area contributed by atoms with Gasteiger partial charge in [-0.1, -0.05) is 12.2 Å². The number of nitrogens with two attached hydrogens (primary N) is 1. The second-order valence-corrected chi connectivity index (χ2v) is 2.72. The summed E-state index contributed by atoms with van der Waals surface area (Å²) in [5.41, 5.74) is 5.53. The first-order valence-electron chi connectivity index (χ1n) is 3.87. The first-order chi connectivity index (χ1) is 5.68. The van der Waals surface area contributed by atoms with E-state index in [2.05, 4.69) is 0 Å². The van der Waals surface area contributed by atoms with Gasteiger partial charge in [0.2, 0.25) is 0 Å². The van der Waals surface area contributed by atoms with Crippen molar-refractivity contribution in [3.63, 3.8) is 0 Å².